The van der Waals surface area contributed by atoms with E-state index in [9.17, 15) is 0 Å². The molecule has 0 unspecified atom stereocenters. The molecule has 0 aliphatic rings. The highest BCUT2D eigenvalue weighted by atomic mass is 16.5. The molecule has 0 saturated heterocycles. The maximum absolute atomic E-state index is 5.83. The Morgan fingerprint density at radius 2 is 1.68 bits per heavy atom. The predicted octanol–water partition coefficient (Wildman–Crippen LogP) is 4.64. The van der Waals surface area contributed by atoms with Gasteiger partial charge in [-0.25, -0.2) is 0 Å². The molecule has 2 nitrogen and oxygen atoms in total. The van der Waals surface area contributed by atoms with Gasteiger partial charge in [0, 0.05) is 7.05 Å². The first-order valence-corrected chi connectivity index (χ1v) is 6.75. The largest absolute Gasteiger partial charge is 0.487 e. The van der Waals surface area contributed by atoms with Crippen molar-refractivity contribution >= 4 is 5.69 Å². The lowest BCUT2D eigenvalue weighted by atomic mass is 10.2. The quantitative estimate of drug-likeness (QED) is 0.861. The molecule has 2 aromatic rings. The van der Waals surface area contributed by atoms with Crippen LogP contribution in [0.25, 0.3) is 0 Å². The van der Waals surface area contributed by atoms with Gasteiger partial charge < -0.3 is 10.1 Å². The van der Waals surface area contributed by atoms with Crippen LogP contribution >= 0.6 is 0 Å². The molecule has 0 spiro atoms. The van der Waals surface area contributed by atoms with Crippen molar-refractivity contribution in [1.82, 2.24) is 0 Å². The fourth-order valence-corrected chi connectivity index (χ4v) is 1.69. The third kappa shape index (κ3) is 4.66. The van der Waals surface area contributed by atoms with E-state index in [2.05, 4.69) is 36.5 Å². The van der Waals surface area contributed by atoms with Crippen LogP contribution in [0.5, 0.6) is 5.75 Å². The summed E-state index contributed by atoms with van der Waals surface area (Å²) in [6.07, 6.45) is 0. The molecule has 19 heavy (non-hydrogen) atoms. The first-order valence-electron chi connectivity index (χ1n) is 6.75. The van der Waals surface area contributed by atoms with E-state index in [0.29, 0.717) is 6.61 Å². The van der Waals surface area contributed by atoms with Crippen LogP contribution in [-0.4, -0.2) is 7.05 Å². The second-order valence-electron chi connectivity index (χ2n) is 4.02. The van der Waals surface area contributed by atoms with Crippen LogP contribution in [0.4, 0.5) is 5.69 Å². The van der Waals surface area contributed by atoms with Crippen molar-refractivity contribution < 1.29 is 4.74 Å². The molecule has 0 amide bonds. The number of rotatable bonds is 4. The van der Waals surface area contributed by atoms with Gasteiger partial charge in [0.2, 0.25) is 0 Å². The van der Waals surface area contributed by atoms with E-state index in [1.54, 1.807) is 0 Å². The summed E-state index contributed by atoms with van der Waals surface area (Å²) in [6.45, 7) is 6.66. The van der Waals surface area contributed by atoms with Crippen molar-refractivity contribution in [1.29, 1.82) is 0 Å². The van der Waals surface area contributed by atoms with Gasteiger partial charge in [-0.1, -0.05) is 50.2 Å². The highest BCUT2D eigenvalue weighted by molar-refractivity contribution is 5.57. The zero-order valence-corrected chi connectivity index (χ0v) is 12.2. The van der Waals surface area contributed by atoms with Crippen LogP contribution in [0, 0.1) is 6.92 Å². The highest BCUT2D eigenvalue weighted by Crippen LogP contribution is 2.25. The van der Waals surface area contributed by atoms with Gasteiger partial charge in [0.25, 0.3) is 0 Å². The number of nitrogens with one attached hydrogen (secondary N) is 1. The standard InChI is InChI=1S/C15H17NO.C2H6/c1-12-8-9-14(16-2)15(10-12)17-11-13-6-4-3-5-7-13;1-2/h3-10,16H,11H2,1-2H3;1-2H3. The van der Waals surface area contributed by atoms with Gasteiger partial charge >= 0.3 is 0 Å². The molecule has 0 aliphatic heterocycles. The van der Waals surface area contributed by atoms with E-state index in [4.69, 9.17) is 4.74 Å². The van der Waals surface area contributed by atoms with E-state index in [-0.39, 0.29) is 0 Å². The van der Waals surface area contributed by atoms with Crippen LogP contribution in [0.1, 0.15) is 25.0 Å². The van der Waals surface area contributed by atoms with E-state index < -0.39 is 0 Å². The molecule has 0 radical (unpaired) electrons. The minimum absolute atomic E-state index is 0.596. The Bertz CT molecular complexity index is 480. The van der Waals surface area contributed by atoms with Crippen molar-refractivity contribution in [2.45, 2.75) is 27.4 Å². The zero-order valence-electron chi connectivity index (χ0n) is 12.2. The van der Waals surface area contributed by atoms with E-state index >= 15 is 0 Å². The van der Waals surface area contributed by atoms with Crippen LogP contribution in [0.3, 0.4) is 0 Å². The molecule has 0 atom stereocenters. The second-order valence-corrected chi connectivity index (χ2v) is 4.02. The maximum atomic E-state index is 5.83. The topological polar surface area (TPSA) is 21.3 Å². The highest BCUT2D eigenvalue weighted by Gasteiger charge is 2.02. The Labute approximate surface area is 116 Å². The van der Waals surface area contributed by atoms with Gasteiger partial charge in [-0.2, -0.15) is 0 Å². The summed E-state index contributed by atoms with van der Waals surface area (Å²) < 4.78 is 5.83. The van der Waals surface area contributed by atoms with Crippen LogP contribution in [0.15, 0.2) is 48.5 Å². The van der Waals surface area contributed by atoms with E-state index in [1.807, 2.05) is 45.2 Å². The van der Waals surface area contributed by atoms with Gasteiger partial charge in [-0.05, 0) is 30.2 Å². The van der Waals surface area contributed by atoms with Crippen molar-refractivity contribution in [3.63, 3.8) is 0 Å². The summed E-state index contributed by atoms with van der Waals surface area (Å²) in [5.41, 5.74) is 3.40. The smallest absolute Gasteiger partial charge is 0.143 e. The minimum Gasteiger partial charge on any atom is -0.487 e. The first kappa shape index (κ1) is 15.1. The summed E-state index contributed by atoms with van der Waals surface area (Å²) in [4.78, 5) is 0. The van der Waals surface area contributed by atoms with Crippen molar-refractivity contribution in [3.05, 3.63) is 59.7 Å². The zero-order chi connectivity index (χ0) is 14.1. The third-order valence-electron chi connectivity index (χ3n) is 2.64. The molecular weight excluding hydrogens is 234 g/mol. The molecule has 0 aliphatic carbocycles. The Hall–Kier alpha value is -1.96. The van der Waals surface area contributed by atoms with Gasteiger partial charge in [0.05, 0.1) is 5.69 Å². The first-order chi connectivity index (χ1) is 9.29. The molecule has 0 saturated carbocycles. The summed E-state index contributed by atoms with van der Waals surface area (Å²) in [5.74, 6) is 0.899. The average Bonchev–Trinajstić information content (AvgIpc) is 2.48. The Kier molecular flexibility index (Phi) is 6.51. The summed E-state index contributed by atoms with van der Waals surface area (Å²) in [5, 5.41) is 3.13. The van der Waals surface area contributed by atoms with Crippen LogP contribution in [-0.2, 0) is 6.61 Å². The summed E-state index contributed by atoms with van der Waals surface area (Å²) in [7, 11) is 1.90. The Balaban J connectivity index is 0.000000861. The minimum atomic E-state index is 0.596. The molecule has 0 fully saturated rings. The van der Waals surface area contributed by atoms with Gasteiger partial charge in [0.1, 0.15) is 12.4 Å². The van der Waals surface area contributed by atoms with Gasteiger partial charge in [-0.15, -0.1) is 0 Å². The fourth-order valence-electron chi connectivity index (χ4n) is 1.69. The van der Waals surface area contributed by atoms with Crippen molar-refractivity contribution in [2.24, 2.45) is 0 Å². The number of benzene rings is 2. The molecule has 2 rings (SSSR count). The number of hydrogen-bond acceptors (Lipinski definition) is 2. The lowest BCUT2D eigenvalue weighted by Gasteiger charge is -2.12. The number of ether oxygens (including phenoxy) is 1. The molecule has 2 heteroatoms. The number of hydrogen-bond donors (Lipinski definition) is 1. The van der Waals surface area contributed by atoms with E-state index in [0.717, 1.165) is 11.4 Å². The van der Waals surface area contributed by atoms with E-state index in [1.165, 1.54) is 11.1 Å². The van der Waals surface area contributed by atoms with Gasteiger partial charge in [0.15, 0.2) is 0 Å². The molecule has 1 N–H and O–H groups in total. The lowest BCUT2D eigenvalue weighted by Crippen LogP contribution is -1.99. The predicted molar refractivity (Wildman–Crippen MR) is 82.8 cm³/mol. The normalized spacial score (nSPS) is 9.26. The third-order valence-corrected chi connectivity index (χ3v) is 2.64. The van der Waals surface area contributed by atoms with Crippen LogP contribution < -0.4 is 10.1 Å². The van der Waals surface area contributed by atoms with Crippen molar-refractivity contribution in [2.75, 3.05) is 12.4 Å². The molecule has 0 heterocycles. The average molecular weight is 257 g/mol. The fraction of sp³-hybridized carbons (Fsp3) is 0.294. The number of aryl methyl sites for hydroxylation is 1. The maximum Gasteiger partial charge on any atom is 0.143 e. The summed E-state index contributed by atoms with van der Waals surface area (Å²) >= 11 is 0. The molecule has 102 valence electrons. The summed E-state index contributed by atoms with van der Waals surface area (Å²) in [6, 6.07) is 16.3. The van der Waals surface area contributed by atoms with Crippen LogP contribution in [0.2, 0.25) is 0 Å². The molecular formula is C17H23NO. The Morgan fingerprint density at radius 3 is 2.32 bits per heavy atom. The lowest BCUT2D eigenvalue weighted by molar-refractivity contribution is 0.307. The monoisotopic (exact) mass is 257 g/mol. The number of anilines is 1. The molecule has 2 aromatic carbocycles. The van der Waals surface area contributed by atoms with Crippen molar-refractivity contribution in [3.8, 4) is 5.75 Å². The van der Waals surface area contributed by atoms with Gasteiger partial charge in [-0.3, -0.25) is 0 Å². The molecule has 0 bridgehead atoms. The second kappa shape index (κ2) is 8.20. The molecule has 0 aromatic heterocycles. The SMILES string of the molecule is CC.CNc1ccc(C)cc1OCc1ccccc1. The Morgan fingerprint density at radius 1 is 1.00 bits per heavy atom.